The SMILES string of the molecule is Cc1ccc(CC(C)C(=O)N2CCN(c3cc(Cl)ccc3C)CC2)s1. The highest BCUT2D eigenvalue weighted by Crippen LogP contribution is 2.26. The number of benzene rings is 1. The Kier molecular flexibility index (Phi) is 5.70. The summed E-state index contributed by atoms with van der Waals surface area (Å²) >= 11 is 7.93. The summed E-state index contributed by atoms with van der Waals surface area (Å²) in [7, 11) is 0. The van der Waals surface area contributed by atoms with Crippen LogP contribution in [0.3, 0.4) is 0 Å². The van der Waals surface area contributed by atoms with Crippen LogP contribution in [-0.4, -0.2) is 37.0 Å². The lowest BCUT2D eigenvalue weighted by Gasteiger charge is -2.37. The van der Waals surface area contributed by atoms with Crippen LogP contribution in [-0.2, 0) is 11.2 Å². The van der Waals surface area contributed by atoms with Gasteiger partial charge in [-0.25, -0.2) is 0 Å². The average molecular weight is 377 g/mol. The quantitative estimate of drug-likeness (QED) is 0.781. The van der Waals surface area contributed by atoms with Crippen molar-refractivity contribution in [1.29, 1.82) is 0 Å². The Bertz CT molecular complexity index is 750. The molecule has 0 N–H and O–H groups in total. The van der Waals surface area contributed by atoms with Crippen molar-refractivity contribution in [3.8, 4) is 0 Å². The zero-order valence-electron chi connectivity index (χ0n) is 15.1. The summed E-state index contributed by atoms with van der Waals surface area (Å²) in [6.07, 6.45) is 0.838. The molecule has 5 heteroatoms. The van der Waals surface area contributed by atoms with E-state index in [0.29, 0.717) is 0 Å². The second-order valence-electron chi connectivity index (χ2n) is 6.86. The lowest BCUT2D eigenvalue weighted by atomic mass is 10.0. The molecule has 0 aliphatic carbocycles. The Morgan fingerprint density at radius 3 is 2.52 bits per heavy atom. The molecule has 2 aromatic rings. The Morgan fingerprint density at radius 1 is 1.16 bits per heavy atom. The summed E-state index contributed by atoms with van der Waals surface area (Å²) < 4.78 is 0. The van der Waals surface area contributed by atoms with Gasteiger partial charge in [0.25, 0.3) is 0 Å². The predicted octanol–water partition coefficient (Wildman–Crippen LogP) is 4.55. The highest BCUT2D eigenvalue weighted by molar-refractivity contribution is 7.11. The number of carbonyl (C=O) groups is 1. The molecule has 0 saturated carbocycles. The van der Waals surface area contributed by atoms with Crippen LogP contribution in [0.15, 0.2) is 30.3 Å². The monoisotopic (exact) mass is 376 g/mol. The van der Waals surface area contributed by atoms with E-state index in [9.17, 15) is 4.79 Å². The van der Waals surface area contributed by atoms with Crippen LogP contribution < -0.4 is 4.90 Å². The first kappa shape index (κ1) is 18.3. The van der Waals surface area contributed by atoms with Gasteiger partial charge in [0, 0.05) is 52.6 Å². The maximum Gasteiger partial charge on any atom is 0.225 e. The number of amides is 1. The number of nitrogens with zero attached hydrogens (tertiary/aromatic N) is 2. The maximum atomic E-state index is 12.8. The number of aryl methyl sites for hydroxylation is 2. The molecule has 1 aromatic carbocycles. The van der Waals surface area contributed by atoms with Crippen molar-refractivity contribution in [2.75, 3.05) is 31.1 Å². The van der Waals surface area contributed by atoms with Crippen molar-refractivity contribution in [3.63, 3.8) is 0 Å². The highest BCUT2D eigenvalue weighted by atomic mass is 35.5. The Labute approximate surface area is 159 Å². The first-order valence-electron chi connectivity index (χ1n) is 8.79. The van der Waals surface area contributed by atoms with Gasteiger partial charge in [0.2, 0.25) is 5.91 Å². The van der Waals surface area contributed by atoms with Gasteiger partial charge in [-0.1, -0.05) is 24.6 Å². The number of carbonyl (C=O) groups excluding carboxylic acids is 1. The first-order chi connectivity index (χ1) is 11.9. The Morgan fingerprint density at radius 2 is 1.88 bits per heavy atom. The van der Waals surface area contributed by atoms with E-state index in [0.717, 1.165) is 37.6 Å². The minimum Gasteiger partial charge on any atom is -0.368 e. The smallest absolute Gasteiger partial charge is 0.225 e. The average Bonchev–Trinajstić information content (AvgIpc) is 3.01. The van der Waals surface area contributed by atoms with Crippen LogP contribution in [0.2, 0.25) is 5.02 Å². The molecule has 1 saturated heterocycles. The lowest BCUT2D eigenvalue weighted by Crippen LogP contribution is -2.50. The molecule has 1 aromatic heterocycles. The molecule has 1 amide bonds. The molecule has 3 nitrogen and oxygen atoms in total. The molecule has 25 heavy (non-hydrogen) atoms. The molecular formula is C20H25ClN2OS. The normalized spacial score (nSPS) is 16.2. The van der Waals surface area contributed by atoms with Gasteiger partial charge in [-0.15, -0.1) is 11.3 Å². The van der Waals surface area contributed by atoms with Crippen molar-refractivity contribution in [1.82, 2.24) is 4.90 Å². The van der Waals surface area contributed by atoms with Crippen LogP contribution in [0.25, 0.3) is 0 Å². The van der Waals surface area contributed by atoms with E-state index >= 15 is 0 Å². The van der Waals surface area contributed by atoms with E-state index in [1.807, 2.05) is 24.0 Å². The Balaban J connectivity index is 1.58. The highest BCUT2D eigenvalue weighted by Gasteiger charge is 2.26. The van der Waals surface area contributed by atoms with Crippen molar-refractivity contribution in [2.24, 2.45) is 5.92 Å². The Hall–Kier alpha value is -1.52. The molecule has 2 heterocycles. The van der Waals surface area contributed by atoms with Gasteiger partial charge in [-0.3, -0.25) is 4.79 Å². The first-order valence-corrected chi connectivity index (χ1v) is 9.98. The van der Waals surface area contributed by atoms with Gasteiger partial charge in [-0.05, 0) is 50.1 Å². The fourth-order valence-electron chi connectivity index (χ4n) is 3.39. The van der Waals surface area contributed by atoms with Crippen LogP contribution in [0, 0.1) is 19.8 Å². The van der Waals surface area contributed by atoms with E-state index in [2.05, 4.69) is 36.9 Å². The van der Waals surface area contributed by atoms with Gasteiger partial charge in [0.05, 0.1) is 0 Å². The molecule has 1 unspecified atom stereocenters. The molecule has 0 radical (unpaired) electrons. The summed E-state index contributed by atoms with van der Waals surface area (Å²) in [5, 5.41) is 0.763. The van der Waals surface area contributed by atoms with E-state index in [-0.39, 0.29) is 11.8 Å². The van der Waals surface area contributed by atoms with Crippen LogP contribution in [0.5, 0.6) is 0 Å². The summed E-state index contributed by atoms with van der Waals surface area (Å²) in [6, 6.07) is 10.3. The van der Waals surface area contributed by atoms with Gasteiger partial charge in [0.1, 0.15) is 0 Å². The number of halogens is 1. The summed E-state index contributed by atoms with van der Waals surface area (Å²) in [5.41, 5.74) is 2.41. The van der Waals surface area contributed by atoms with Crippen molar-refractivity contribution < 1.29 is 4.79 Å². The number of piperazine rings is 1. The van der Waals surface area contributed by atoms with Gasteiger partial charge in [-0.2, -0.15) is 0 Å². The molecular weight excluding hydrogens is 352 g/mol. The number of hydrogen-bond acceptors (Lipinski definition) is 3. The third-order valence-corrected chi connectivity index (χ3v) is 6.09. The molecule has 0 bridgehead atoms. The van der Waals surface area contributed by atoms with Crippen LogP contribution >= 0.6 is 22.9 Å². The van der Waals surface area contributed by atoms with Crippen molar-refractivity contribution in [3.05, 3.63) is 50.7 Å². The zero-order valence-corrected chi connectivity index (χ0v) is 16.7. The molecule has 1 aliphatic rings. The van der Waals surface area contributed by atoms with Gasteiger partial charge >= 0.3 is 0 Å². The van der Waals surface area contributed by atoms with E-state index in [1.165, 1.54) is 21.0 Å². The molecule has 0 spiro atoms. The second-order valence-corrected chi connectivity index (χ2v) is 8.67. The summed E-state index contributed by atoms with van der Waals surface area (Å²) in [5.74, 6) is 0.311. The zero-order chi connectivity index (χ0) is 18.0. The van der Waals surface area contributed by atoms with E-state index < -0.39 is 0 Å². The van der Waals surface area contributed by atoms with Crippen molar-refractivity contribution >= 4 is 34.5 Å². The van der Waals surface area contributed by atoms with Gasteiger partial charge < -0.3 is 9.80 Å². The van der Waals surface area contributed by atoms with Crippen LogP contribution in [0.4, 0.5) is 5.69 Å². The largest absolute Gasteiger partial charge is 0.368 e. The summed E-state index contributed by atoms with van der Waals surface area (Å²) in [6.45, 7) is 9.53. The fraction of sp³-hybridized carbons (Fsp3) is 0.450. The lowest BCUT2D eigenvalue weighted by molar-refractivity contribution is -0.135. The number of hydrogen-bond donors (Lipinski definition) is 0. The van der Waals surface area contributed by atoms with Crippen molar-refractivity contribution in [2.45, 2.75) is 27.2 Å². The molecule has 1 atom stereocenters. The topological polar surface area (TPSA) is 23.6 Å². The van der Waals surface area contributed by atoms with Gasteiger partial charge in [0.15, 0.2) is 0 Å². The maximum absolute atomic E-state index is 12.8. The standard InChI is InChI=1S/C20H25ClN2OS/c1-14-4-6-17(21)13-19(14)22-8-10-23(11-9-22)20(24)15(2)12-18-7-5-16(3)25-18/h4-7,13,15H,8-12H2,1-3H3. The number of thiophene rings is 1. The minimum atomic E-state index is 0.0394. The fourth-order valence-corrected chi connectivity index (χ4v) is 4.57. The second kappa shape index (κ2) is 7.79. The van der Waals surface area contributed by atoms with E-state index in [4.69, 9.17) is 11.6 Å². The third kappa shape index (κ3) is 4.36. The number of anilines is 1. The number of rotatable bonds is 4. The molecule has 1 fully saturated rings. The molecule has 3 rings (SSSR count). The van der Waals surface area contributed by atoms with E-state index in [1.54, 1.807) is 11.3 Å². The van der Waals surface area contributed by atoms with Crippen LogP contribution in [0.1, 0.15) is 22.2 Å². The third-order valence-electron chi connectivity index (χ3n) is 4.83. The summed E-state index contributed by atoms with van der Waals surface area (Å²) in [4.78, 5) is 19.7. The molecule has 134 valence electrons. The minimum absolute atomic E-state index is 0.0394. The predicted molar refractivity (Wildman–Crippen MR) is 107 cm³/mol. The molecule has 1 aliphatic heterocycles.